The Bertz CT molecular complexity index is 1020. The van der Waals surface area contributed by atoms with Crippen molar-refractivity contribution < 1.29 is 14.3 Å². The maximum absolute atomic E-state index is 13.0. The molecule has 0 aliphatic rings. The summed E-state index contributed by atoms with van der Waals surface area (Å²) in [5.74, 6) is 0.0123. The molecule has 0 spiro atoms. The molecular formula is C24H29N3O3S. The van der Waals surface area contributed by atoms with E-state index in [-0.39, 0.29) is 12.5 Å². The van der Waals surface area contributed by atoms with E-state index in [0.717, 1.165) is 28.3 Å². The first-order valence-corrected chi connectivity index (χ1v) is 10.9. The fraction of sp³-hybridized carbons (Fsp3) is 0.333. The van der Waals surface area contributed by atoms with Gasteiger partial charge in [0.05, 0.1) is 12.6 Å². The number of H-pyrrole nitrogens is 1. The Labute approximate surface area is 188 Å². The molecule has 0 saturated heterocycles. The van der Waals surface area contributed by atoms with Crippen LogP contribution in [0.2, 0.25) is 0 Å². The van der Waals surface area contributed by atoms with E-state index in [0.29, 0.717) is 18.7 Å². The largest absolute Gasteiger partial charge is 0.382 e. The second-order valence-electron chi connectivity index (χ2n) is 7.83. The summed E-state index contributed by atoms with van der Waals surface area (Å²) in [5, 5.41) is 7.17. The van der Waals surface area contributed by atoms with Crippen molar-refractivity contribution in [2.75, 3.05) is 19.5 Å². The molecule has 7 heteroatoms. The lowest BCUT2D eigenvalue weighted by Gasteiger charge is -2.30. The van der Waals surface area contributed by atoms with E-state index < -0.39 is 11.6 Å². The number of nitrogens with one attached hydrogen (secondary N) is 3. The van der Waals surface area contributed by atoms with E-state index in [1.54, 1.807) is 0 Å². The van der Waals surface area contributed by atoms with E-state index >= 15 is 0 Å². The fourth-order valence-corrected chi connectivity index (χ4v) is 3.93. The van der Waals surface area contributed by atoms with Crippen LogP contribution in [0.3, 0.4) is 0 Å². The van der Waals surface area contributed by atoms with Crippen LogP contribution in [0, 0.1) is 6.92 Å². The molecule has 0 aliphatic carbocycles. The zero-order valence-electron chi connectivity index (χ0n) is 17.9. The first-order chi connectivity index (χ1) is 15.0. The Morgan fingerprint density at radius 2 is 1.97 bits per heavy atom. The number of carbonyl (C=O) groups is 2. The number of benzene rings is 2. The van der Waals surface area contributed by atoms with Crippen LogP contribution in [0.25, 0.3) is 10.9 Å². The Kier molecular flexibility index (Phi) is 7.90. The van der Waals surface area contributed by atoms with Crippen molar-refractivity contribution in [2.45, 2.75) is 31.5 Å². The number of para-hydroxylation sites is 1. The molecule has 0 saturated carbocycles. The second kappa shape index (κ2) is 10.6. The summed E-state index contributed by atoms with van der Waals surface area (Å²) < 4.78 is 5.32. The summed E-state index contributed by atoms with van der Waals surface area (Å²) in [7, 11) is 1.52. The number of aromatic nitrogens is 1. The summed E-state index contributed by atoms with van der Waals surface area (Å²) in [6.45, 7) is 2.63. The summed E-state index contributed by atoms with van der Waals surface area (Å²) >= 11 is 4.34. The highest BCUT2D eigenvalue weighted by atomic mass is 32.1. The van der Waals surface area contributed by atoms with Gasteiger partial charge in [-0.1, -0.05) is 48.0 Å². The van der Waals surface area contributed by atoms with Crippen molar-refractivity contribution in [3.63, 3.8) is 0 Å². The summed E-state index contributed by atoms with van der Waals surface area (Å²) in [6, 6.07) is 15.4. The van der Waals surface area contributed by atoms with Crippen molar-refractivity contribution >= 4 is 35.7 Å². The van der Waals surface area contributed by atoms with Gasteiger partial charge in [0, 0.05) is 42.9 Å². The van der Waals surface area contributed by atoms with Crippen molar-refractivity contribution in [1.29, 1.82) is 0 Å². The van der Waals surface area contributed by atoms with E-state index in [2.05, 4.69) is 28.2 Å². The molecule has 0 radical (unpaired) electrons. The number of aldehydes is 1. The van der Waals surface area contributed by atoms with Gasteiger partial charge in [0.15, 0.2) is 0 Å². The number of rotatable bonds is 11. The summed E-state index contributed by atoms with van der Waals surface area (Å²) in [5.41, 5.74) is 3.00. The Balaban J connectivity index is 1.74. The molecule has 3 N–H and O–H groups in total. The first-order valence-electron chi connectivity index (χ1n) is 10.2. The zero-order valence-corrected chi connectivity index (χ0v) is 18.7. The van der Waals surface area contributed by atoms with Crippen molar-refractivity contribution in [3.8, 4) is 0 Å². The monoisotopic (exact) mass is 439 g/mol. The number of ether oxygens (including phenoxy) is 1. The molecule has 0 bridgehead atoms. The molecule has 2 atom stereocenters. The lowest BCUT2D eigenvalue weighted by atomic mass is 9.92. The number of hydrogen-bond donors (Lipinski definition) is 4. The van der Waals surface area contributed by atoms with Crippen LogP contribution < -0.4 is 10.6 Å². The minimum atomic E-state index is -1.18. The molecule has 1 heterocycles. The molecular weight excluding hydrogens is 410 g/mol. The number of carbonyl (C=O) groups excluding carboxylic acids is 2. The molecule has 6 nitrogen and oxygen atoms in total. The molecule has 3 rings (SSSR count). The van der Waals surface area contributed by atoms with Crippen LogP contribution >= 0.6 is 12.6 Å². The van der Waals surface area contributed by atoms with Gasteiger partial charge in [0.2, 0.25) is 5.91 Å². The molecule has 0 unspecified atom stereocenters. The summed E-state index contributed by atoms with van der Waals surface area (Å²) in [4.78, 5) is 28.5. The first kappa shape index (κ1) is 23.1. The smallest absolute Gasteiger partial charge is 0.238 e. The van der Waals surface area contributed by atoms with Gasteiger partial charge in [-0.2, -0.15) is 12.6 Å². The number of hydrogen-bond acceptors (Lipinski definition) is 5. The van der Waals surface area contributed by atoms with E-state index in [1.807, 2.05) is 61.7 Å². The standard InChI is InChI=1S/C24H29N3O3S/c1-17-7-9-18(10-8-17)12-25-22(14-31)23(29)27-24(15-28,16-30-2)11-19-13-26-21-6-4-3-5-20(19)21/h3-10,13,15,22,25-26,31H,11-12,14,16H2,1-2H3,(H,27,29)/t22-,24-/m1/s1. The number of methoxy groups -OCH3 is 1. The topological polar surface area (TPSA) is 83.2 Å². The quantitative estimate of drug-likeness (QED) is 0.274. The van der Waals surface area contributed by atoms with Gasteiger partial charge >= 0.3 is 0 Å². The predicted octanol–water partition coefficient (Wildman–Crippen LogP) is 2.81. The van der Waals surface area contributed by atoms with Crippen LogP contribution in [0.15, 0.2) is 54.7 Å². The minimum Gasteiger partial charge on any atom is -0.382 e. The number of thiol groups is 1. The average Bonchev–Trinajstić information content (AvgIpc) is 3.18. The molecule has 164 valence electrons. The van der Waals surface area contributed by atoms with Gasteiger partial charge in [-0.3, -0.25) is 4.79 Å². The normalized spacial score (nSPS) is 14.2. The lowest BCUT2D eigenvalue weighted by Crippen LogP contribution is -2.59. The Hall–Kier alpha value is -2.61. The van der Waals surface area contributed by atoms with Gasteiger partial charge < -0.3 is 25.1 Å². The maximum Gasteiger partial charge on any atom is 0.238 e. The van der Waals surface area contributed by atoms with Crippen molar-refractivity contribution in [1.82, 2.24) is 15.6 Å². The van der Waals surface area contributed by atoms with E-state index in [1.165, 1.54) is 12.7 Å². The van der Waals surface area contributed by atoms with Gasteiger partial charge in [-0.15, -0.1) is 0 Å². The number of aromatic amines is 1. The molecule has 1 aromatic heterocycles. The number of aryl methyl sites for hydroxylation is 1. The van der Waals surface area contributed by atoms with Gasteiger partial charge in [-0.05, 0) is 24.1 Å². The highest BCUT2D eigenvalue weighted by Gasteiger charge is 2.35. The third kappa shape index (κ3) is 5.76. The van der Waals surface area contributed by atoms with Crippen LogP contribution in [0.4, 0.5) is 0 Å². The Morgan fingerprint density at radius 3 is 2.65 bits per heavy atom. The highest BCUT2D eigenvalue weighted by Crippen LogP contribution is 2.22. The highest BCUT2D eigenvalue weighted by molar-refractivity contribution is 7.80. The van der Waals surface area contributed by atoms with E-state index in [4.69, 9.17) is 4.74 Å². The second-order valence-corrected chi connectivity index (χ2v) is 8.20. The van der Waals surface area contributed by atoms with Gasteiger partial charge in [0.25, 0.3) is 0 Å². The third-order valence-electron chi connectivity index (χ3n) is 5.35. The zero-order chi connectivity index (χ0) is 22.3. The van der Waals surface area contributed by atoms with Crippen molar-refractivity contribution in [3.05, 3.63) is 71.4 Å². The maximum atomic E-state index is 13.0. The van der Waals surface area contributed by atoms with Gasteiger partial charge in [0.1, 0.15) is 11.8 Å². The number of fused-ring (bicyclic) bond motifs is 1. The Morgan fingerprint density at radius 1 is 1.23 bits per heavy atom. The molecule has 0 fully saturated rings. The van der Waals surface area contributed by atoms with Gasteiger partial charge in [-0.25, -0.2) is 0 Å². The van der Waals surface area contributed by atoms with Crippen LogP contribution in [-0.4, -0.2) is 48.2 Å². The SMILES string of the molecule is COC[C@](C=O)(Cc1c[nH]c2ccccc12)NC(=O)[C@@H](CS)NCc1ccc(C)cc1. The molecule has 0 aliphatic heterocycles. The predicted molar refractivity (Wildman–Crippen MR) is 126 cm³/mol. The molecule has 1 amide bonds. The molecule has 2 aromatic carbocycles. The lowest BCUT2D eigenvalue weighted by molar-refractivity contribution is -0.129. The molecule has 31 heavy (non-hydrogen) atoms. The van der Waals surface area contributed by atoms with E-state index in [9.17, 15) is 9.59 Å². The minimum absolute atomic E-state index is 0.0685. The van der Waals surface area contributed by atoms with Crippen LogP contribution in [-0.2, 0) is 27.3 Å². The third-order valence-corrected chi connectivity index (χ3v) is 5.72. The molecule has 3 aromatic rings. The van der Waals surface area contributed by atoms with Crippen LogP contribution in [0.5, 0.6) is 0 Å². The van der Waals surface area contributed by atoms with Crippen molar-refractivity contribution in [2.24, 2.45) is 0 Å². The summed E-state index contributed by atoms with van der Waals surface area (Å²) in [6.07, 6.45) is 2.96. The fourth-order valence-electron chi connectivity index (χ4n) is 3.63. The van der Waals surface area contributed by atoms with Crippen LogP contribution in [0.1, 0.15) is 16.7 Å². The average molecular weight is 440 g/mol. The number of amides is 1.